The Morgan fingerprint density at radius 3 is 2.64 bits per heavy atom. The molecule has 0 spiro atoms. The van der Waals surface area contributed by atoms with E-state index in [-0.39, 0.29) is 11.9 Å². The molecule has 1 aromatic rings. The van der Waals surface area contributed by atoms with Crippen LogP contribution in [0.15, 0.2) is 22.7 Å². The first-order valence-corrected chi connectivity index (χ1v) is 8.15. The molecule has 22 heavy (non-hydrogen) atoms. The highest BCUT2D eigenvalue weighted by Crippen LogP contribution is 2.16. The van der Waals surface area contributed by atoms with Crippen LogP contribution in [0.1, 0.15) is 33.3 Å². The molecule has 0 saturated carbocycles. The van der Waals surface area contributed by atoms with Gasteiger partial charge < -0.3 is 15.0 Å². The molecular formula is C16H24BrFN2O2. The van der Waals surface area contributed by atoms with Gasteiger partial charge in [-0.2, -0.15) is 0 Å². The monoisotopic (exact) mass is 374 g/mol. The SMILES string of the molecule is CCN(CCNCc1ccc(Br)c(F)c1)C(=O)OC(C)(C)C. The Hall–Kier alpha value is -1.14. The Morgan fingerprint density at radius 2 is 2.09 bits per heavy atom. The van der Waals surface area contributed by atoms with E-state index in [0.717, 1.165) is 5.56 Å². The summed E-state index contributed by atoms with van der Waals surface area (Å²) in [7, 11) is 0. The largest absolute Gasteiger partial charge is 0.444 e. The van der Waals surface area contributed by atoms with Gasteiger partial charge in [0.2, 0.25) is 0 Å². The normalized spacial score (nSPS) is 11.4. The number of benzene rings is 1. The Balaban J connectivity index is 2.38. The first-order valence-electron chi connectivity index (χ1n) is 7.35. The van der Waals surface area contributed by atoms with Gasteiger partial charge in [-0.05, 0) is 61.3 Å². The number of rotatable bonds is 6. The third kappa shape index (κ3) is 6.75. The minimum atomic E-state index is -0.493. The van der Waals surface area contributed by atoms with Crippen molar-refractivity contribution in [2.45, 2.75) is 39.8 Å². The van der Waals surface area contributed by atoms with Crippen molar-refractivity contribution >= 4 is 22.0 Å². The number of ether oxygens (including phenoxy) is 1. The van der Waals surface area contributed by atoms with E-state index in [2.05, 4.69) is 21.2 Å². The lowest BCUT2D eigenvalue weighted by molar-refractivity contribution is 0.0262. The summed E-state index contributed by atoms with van der Waals surface area (Å²) in [4.78, 5) is 13.6. The van der Waals surface area contributed by atoms with Gasteiger partial charge in [0.15, 0.2) is 0 Å². The second-order valence-corrected chi connectivity index (χ2v) is 6.84. The summed E-state index contributed by atoms with van der Waals surface area (Å²) >= 11 is 3.13. The van der Waals surface area contributed by atoms with Crippen LogP contribution in [0.3, 0.4) is 0 Å². The van der Waals surface area contributed by atoms with Crippen LogP contribution < -0.4 is 5.32 Å². The molecule has 0 radical (unpaired) electrons. The number of hydrogen-bond acceptors (Lipinski definition) is 3. The number of halogens is 2. The van der Waals surface area contributed by atoms with Crippen LogP contribution in [0.2, 0.25) is 0 Å². The molecular weight excluding hydrogens is 351 g/mol. The second-order valence-electron chi connectivity index (χ2n) is 5.99. The van der Waals surface area contributed by atoms with E-state index in [1.54, 1.807) is 11.0 Å². The third-order valence-electron chi connectivity index (χ3n) is 2.91. The molecule has 4 nitrogen and oxygen atoms in total. The summed E-state index contributed by atoms with van der Waals surface area (Å²) in [5.41, 5.74) is 0.369. The first-order chi connectivity index (χ1) is 10.2. The number of hydrogen-bond donors (Lipinski definition) is 1. The first kappa shape index (κ1) is 18.9. The zero-order valence-corrected chi connectivity index (χ0v) is 15.2. The topological polar surface area (TPSA) is 41.6 Å². The fourth-order valence-corrected chi connectivity index (χ4v) is 2.05. The summed E-state index contributed by atoms with van der Waals surface area (Å²) in [6.07, 6.45) is -0.313. The Labute approximate surface area is 140 Å². The lowest BCUT2D eigenvalue weighted by Crippen LogP contribution is -2.40. The highest BCUT2D eigenvalue weighted by molar-refractivity contribution is 9.10. The summed E-state index contributed by atoms with van der Waals surface area (Å²) in [6, 6.07) is 5.03. The number of carbonyl (C=O) groups excluding carboxylic acids is 1. The van der Waals surface area contributed by atoms with E-state index in [4.69, 9.17) is 4.74 Å². The number of likely N-dealkylation sites (N-methyl/N-ethyl adjacent to an activating group) is 1. The van der Waals surface area contributed by atoms with Crippen molar-refractivity contribution in [1.29, 1.82) is 0 Å². The minimum Gasteiger partial charge on any atom is -0.444 e. The van der Waals surface area contributed by atoms with E-state index in [0.29, 0.717) is 30.7 Å². The molecule has 0 atom stereocenters. The molecule has 1 rings (SSSR count). The fourth-order valence-electron chi connectivity index (χ4n) is 1.80. The predicted octanol–water partition coefficient (Wildman–Crippen LogP) is 3.93. The van der Waals surface area contributed by atoms with E-state index in [1.165, 1.54) is 6.07 Å². The van der Waals surface area contributed by atoms with Crippen molar-refractivity contribution in [2.24, 2.45) is 0 Å². The van der Waals surface area contributed by atoms with Crippen LogP contribution >= 0.6 is 15.9 Å². The Bertz CT molecular complexity index is 503. The molecule has 1 amide bonds. The van der Waals surface area contributed by atoms with Crippen molar-refractivity contribution in [2.75, 3.05) is 19.6 Å². The summed E-state index contributed by atoms with van der Waals surface area (Å²) in [5.74, 6) is -0.275. The Morgan fingerprint density at radius 1 is 1.41 bits per heavy atom. The third-order valence-corrected chi connectivity index (χ3v) is 3.55. The number of amides is 1. The van der Waals surface area contributed by atoms with Crippen LogP contribution in [0.25, 0.3) is 0 Å². The molecule has 0 heterocycles. The molecule has 1 N–H and O–H groups in total. The van der Waals surface area contributed by atoms with Crippen LogP contribution in [0, 0.1) is 5.82 Å². The van der Waals surface area contributed by atoms with Gasteiger partial charge in [-0.25, -0.2) is 9.18 Å². The lowest BCUT2D eigenvalue weighted by atomic mass is 10.2. The van der Waals surface area contributed by atoms with Gasteiger partial charge in [0.25, 0.3) is 0 Å². The molecule has 0 fully saturated rings. The zero-order chi connectivity index (χ0) is 16.8. The average Bonchev–Trinajstić information content (AvgIpc) is 2.40. The van der Waals surface area contributed by atoms with E-state index < -0.39 is 5.60 Å². The zero-order valence-electron chi connectivity index (χ0n) is 13.6. The molecule has 0 saturated heterocycles. The summed E-state index contributed by atoms with van der Waals surface area (Å²) in [5, 5.41) is 3.20. The van der Waals surface area contributed by atoms with Crippen molar-refractivity contribution < 1.29 is 13.9 Å². The standard InChI is InChI=1S/C16H24BrFN2O2/c1-5-20(15(21)22-16(2,3)4)9-8-19-11-12-6-7-13(17)14(18)10-12/h6-7,10,19H,5,8-9,11H2,1-4H3. The van der Waals surface area contributed by atoms with Crippen molar-refractivity contribution in [3.63, 3.8) is 0 Å². The van der Waals surface area contributed by atoms with Gasteiger partial charge in [-0.1, -0.05) is 6.07 Å². The maximum absolute atomic E-state index is 13.4. The molecule has 0 bridgehead atoms. The van der Waals surface area contributed by atoms with Gasteiger partial charge in [-0.15, -0.1) is 0 Å². The van der Waals surface area contributed by atoms with Gasteiger partial charge >= 0.3 is 6.09 Å². The highest BCUT2D eigenvalue weighted by atomic mass is 79.9. The van der Waals surface area contributed by atoms with Crippen molar-refractivity contribution in [3.05, 3.63) is 34.1 Å². The van der Waals surface area contributed by atoms with Crippen LogP contribution in [0.4, 0.5) is 9.18 Å². The van der Waals surface area contributed by atoms with Gasteiger partial charge in [0, 0.05) is 26.2 Å². The van der Waals surface area contributed by atoms with E-state index in [9.17, 15) is 9.18 Å². The van der Waals surface area contributed by atoms with Crippen LogP contribution in [0.5, 0.6) is 0 Å². The molecule has 0 unspecified atom stereocenters. The molecule has 0 aliphatic carbocycles. The summed E-state index contributed by atoms with van der Waals surface area (Å²) < 4.78 is 19.2. The maximum Gasteiger partial charge on any atom is 0.410 e. The second kappa shape index (κ2) is 8.48. The smallest absolute Gasteiger partial charge is 0.410 e. The van der Waals surface area contributed by atoms with Crippen molar-refractivity contribution in [3.8, 4) is 0 Å². The van der Waals surface area contributed by atoms with Gasteiger partial charge in [-0.3, -0.25) is 0 Å². The molecule has 1 aromatic carbocycles. The molecule has 0 aliphatic heterocycles. The average molecular weight is 375 g/mol. The number of nitrogens with zero attached hydrogens (tertiary/aromatic N) is 1. The lowest BCUT2D eigenvalue weighted by Gasteiger charge is -2.26. The maximum atomic E-state index is 13.4. The van der Waals surface area contributed by atoms with Gasteiger partial charge in [0.05, 0.1) is 4.47 Å². The molecule has 124 valence electrons. The van der Waals surface area contributed by atoms with Crippen LogP contribution in [-0.2, 0) is 11.3 Å². The molecule has 0 aromatic heterocycles. The molecule has 0 aliphatic rings. The van der Waals surface area contributed by atoms with Crippen molar-refractivity contribution in [1.82, 2.24) is 10.2 Å². The number of carbonyl (C=O) groups is 1. The van der Waals surface area contributed by atoms with E-state index >= 15 is 0 Å². The number of nitrogens with one attached hydrogen (secondary N) is 1. The minimum absolute atomic E-state index is 0.275. The molecule has 6 heteroatoms. The highest BCUT2D eigenvalue weighted by Gasteiger charge is 2.20. The van der Waals surface area contributed by atoms with Gasteiger partial charge in [0.1, 0.15) is 11.4 Å². The van der Waals surface area contributed by atoms with E-state index in [1.807, 2.05) is 33.8 Å². The van der Waals surface area contributed by atoms with Crippen LogP contribution in [-0.4, -0.2) is 36.2 Å². The predicted molar refractivity (Wildman–Crippen MR) is 89.3 cm³/mol. The quantitative estimate of drug-likeness (QED) is 0.766. The fraction of sp³-hybridized carbons (Fsp3) is 0.562. The summed E-state index contributed by atoms with van der Waals surface area (Å²) in [6.45, 7) is 9.75. The Kier molecular flexibility index (Phi) is 7.29.